The molecule has 1 saturated heterocycles. The summed E-state index contributed by atoms with van der Waals surface area (Å²) in [6.45, 7) is 0.643. The third-order valence-electron chi connectivity index (χ3n) is 4.77. The second kappa shape index (κ2) is 12.4. The first-order valence-electron chi connectivity index (χ1n) is 9.90. The van der Waals surface area contributed by atoms with E-state index >= 15 is 0 Å². The van der Waals surface area contributed by atoms with Crippen LogP contribution in [0.15, 0.2) is 42.5 Å². The Morgan fingerprint density at radius 2 is 1.96 bits per heavy atom. The fourth-order valence-corrected chi connectivity index (χ4v) is 4.12. The van der Waals surface area contributed by atoms with Crippen molar-refractivity contribution in [3.8, 4) is 0 Å². The fourth-order valence-electron chi connectivity index (χ4n) is 3.24. The monoisotopic (exact) mass is 403 g/mol. The molecule has 2 rings (SSSR count). The van der Waals surface area contributed by atoms with Gasteiger partial charge in [-0.1, -0.05) is 36.4 Å². The number of carboxylic acids is 1. The summed E-state index contributed by atoms with van der Waals surface area (Å²) in [5, 5.41) is 8.65. The first kappa shape index (κ1) is 22.2. The summed E-state index contributed by atoms with van der Waals surface area (Å²) in [5.41, 5.74) is 1.15. The van der Waals surface area contributed by atoms with Gasteiger partial charge in [0.1, 0.15) is 0 Å². The highest BCUT2D eigenvalue weighted by Crippen LogP contribution is 2.20. The van der Waals surface area contributed by atoms with E-state index < -0.39 is 5.97 Å². The van der Waals surface area contributed by atoms with Crippen molar-refractivity contribution in [3.63, 3.8) is 0 Å². The molecule has 1 fully saturated rings. The SMILES string of the molecule is O=C(O)CCCSCCN1C(=O)CCC[C@@H]1C=CC(=O)CCc1ccccc1. The van der Waals surface area contributed by atoms with Crippen molar-refractivity contribution < 1.29 is 19.5 Å². The number of hydrogen-bond donors (Lipinski definition) is 1. The highest BCUT2D eigenvalue weighted by molar-refractivity contribution is 7.99. The lowest BCUT2D eigenvalue weighted by molar-refractivity contribution is -0.137. The number of carboxylic acid groups (broad SMARTS) is 1. The molecule has 5 nitrogen and oxygen atoms in total. The van der Waals surface area contributed by atoms with Crippen molar-refractivity contribution >= 4 is 29.4 Å². The first-order valence-corrected chi connectivity index (χ1v) is 11.1. The minimum Gasteiger partial charge on any atom is -0.481 e. The Bertz CT molecular complexity index is 674. The van der Waals surface area contributed by atoms with Crippen LogP contribution in [0.1, 0.15) is 44.1 Å². The summed E-state index contributed by atoms with van der Waals surface area (Å²) in [4.78, 5) is 36.9. The van der Waals surface area contributed by atoms with Gasteiger partial charge < -0.3 is 10.0 Å². The lowest BCUT2D eigenvalue weighted by atomic mass is 10.00. The molecule has 152 valence electrons. The van der Waals surface area contributed by atoms with E-state index in [-0.39, 0.29) is 24.2 Å². The predicted molar refractivity (Wildman–Crippen MR) is 112 cm³/mol. The van der Waals surface area contributed by atoms with Crippen LogP contribution in [0.2, 0.25) is 0 Å². The highest BCUT2D eigenvalue weighted by atomic mass is 32.2. The van der Waals surface area contributed by atoms with E-state index in [9.17, 15) is 14.4 Å². The largest absolute Gasteiger partial charge is 0.481 e. The van der Waals surface area contributed by atoms with Gasteiger partial charge in [0.05, 0.1) is 6.04 Å². The van der Waals surface area contributed by atoms with Crippen LogP contribution in [0.5, 0.6) is 0 Å². The molecule has 1 aliphatic rings. The Morgan fingerprint density at radius 1 is 1.18 bits per heavy atom. The van der Waals surface area contributed by atoms with E-state index in [4.69, 9.17) is 5.11 Å². The number of thioether (sulfide) groups is 1. The molecule has 0 saturated carbocycles. The molecule has 0 radical (unpaired) electrons. The average molecular weight is 404 g/mol. The molecule has 6 heteroatoms. The van der Waals surface area contributed by atoms with Crippen LogP contribution >= 0.6 is 11.8 Å². The van der Waals surface area contributed by atoms with E-state index in [0.29, 0.717) is 25.8 Å². The van der Waals surface area contributed by atoms with Crippen LogP contribution < -0.4 is 0 Å². The number of piperidine rings is 1. The van der Waals surface area contributed by atoms with E-state index in [1.54, 1.807) is 17.8 Å². The van der Waals surface area contributed by atoms with E-state index in [0.717, 1.165) is 36.3 Å². The average Bonchev–Trinajstić information content (AvgIpc) is 2.69. The zero-order valence-electron chi connectivity index (χ0n) is 16.2. The van der Waals surface area contributed by atoms with Gasteiger partial charge in [0.15, 0.2) is 5.78 Å². The molecule has 1 amide bonds. The maximum atomic E-state index is 12.3. The number of allylic oxidation sites excluding steroid dienone is 1. The van der Waals surface area contributed by atoms with Gasteiger partial charge in [0.2, 0.25) is 5.91 Å². The van der Waals surface area contributed by atoms with Crippen LogP contribution in [0.4, 0.5) is 0 Å². The minimum absolute atomic E-state index is 0.0125. The van der Waals surface area contributed by atoms with Crippen molar-refractivity contribution in [2.75, 3.05) is 18.1 Å². The Hall–Kier alpha value is -2.08. The van der Waals surface area contributed by atoms with Crippen molar-refractivity contribution in [2.45, 2.75) is 51.0 Å². The maximum absolute atomic E-state index is 12.3. The third kappa shape index (κ3) is 8.30. The third-order valence-corrected chi connectivity index (χ3v) is 5.82. The van der Waals surface area contributed by atoms with Crippen molar-refractivity contribution in [1.29, 1.82) is 0 Å². The molecular weight excluding hydrogens is 374 g/mol. The number of nitrogens with zero attached hydrogens (tertiary/aromatic N) is 1. The highest BCUT2D eigenvalue weighted by Gasteiger charge is 2.25. The molecule has 1 aromatic rings. The van der Waals surface area contributed by atoms with Gasteiger partial charge in [-0.15, -0.1) is 0 Å². The predicted octanol–water partition coefficient (Wildman–Crippen LogP) is 3.72. The summed E-state index contributed by atoms with van der Waals surface area (Å²) < 4.78 is 0. The summed E-state index contributed by atoms with van der Waals surface area (Å²) >= 11 is 1.67. The Labute approximate surface area is 171 Å². The number of rotatable bonds is 12. The first-order chi connectivity index (χ1) is 13.6. The topological polar surface area (TPSA) is 74.7 Å². The van der Waals surface area contributed by atoms with Crippen molar-refractivity contribution in [3.05, 3.63) is 48.0 Å². The zero-order valence-corrected chi connectivity index (χ0v) is 17.0. The van der Waals surface area contributed by atoms with Gasteiger partial charge in [0, 0.05) is 31.6 Å². The number of aryl methyl sites for hydroxylation is 1. The molecule has 1 atom stereocenters. The number of ketones is 1. The van der Waals surface area contributed by atoms with Gasteiger partial charge in [-0.2, -0.15) is 11.8 Å². The number of likely N-dealkylation sites (tertiary alicyclic amines) is 1. The molecule has 0 bridgehead atoms. The van der Waals surface area contributed by atoms with Gasteiger partial charge in [0.25, 0.3) is 0 Å². The number of carbonyl (C=O) groups is 3. The van der Waals surface area contributed by atoms with Crippen LogP contribution in [-0.4, -0.2) is 51.8 Å². The molecule has 1 N–H and O–H groups in total. The van der Waals surface area contributed by atoms with Crippen LogP contribution in [0.3, 0.4) is 0 Å². The number of benzene rings is 1. The zero-order chi connectivity index (χ0) is 20.2. The van der Waals surface area contributed by atoms with E-state index in [1.807, 2.05) is 41.3 Å². The number of amides is 1. The second-order valence-corrected chi connectivity index (χ2v) is 8.19. The molecule has 0 spiro atoms. The Balaban J connectivity index is 1.76. The molecular formula is C22H29NO4S. The fraction of sp³-hybridized carbons (Fsp3) is 0.500. The van der Waals surface area contributed by atoms with Crippen LogP contribution in [-0.2, 0) is 20.8 Å². The van der Waals surface area contributed by atoms with Crippen molar-refractivity contribution in [1.82, 2.24) is 4.90 Å². The molecule has 28 heavy (non-hydrogen) atoms. The standard InChI is InChI=1S/C22H29NO4S/c24-20(13-11-18-6-2-1-3-7-18)14-12-19-8-4-9-21(25)23(19)15-17-28-16-5-10-22(26)27/h1-3,6-7,12,14,19H,4-5,8-11,13,15-17H2,(H,26,27)/t19-/m1/s1. The van der Waals surface area contributed by atoms with Crippen molar-refractivity contribution in [2.24, 2.45) is 0 Å². The normalized spacial score (nSPS) is 17.2. The van der Waals surface area contributed by atoms with Crippen LogP contribution in [0, 0.1) is 0 Å². The maximum Gasteiger partial charge on any atom is 0.303 e. The lowest BCUT2D eigenvalue weighted by Gasteiger charge is -2.34. The quantitative estimate of drug-likeness (QED) is 0.425. The van der Waals surface area contributed by atoms with Gasteiger partial charge in [-0.25, -0.2) is 0 Å². The molecule has 1 aromatic carbocycles. The van der Waals surface area contributed by atoms with E-state index in [1.165, 1.54) is 0 Å². The number of carbonyl (C=O) groups excluding carboxylic acids is 2. The van der Waals surface area contributed by atoms with Crippen LogP contribution in [0.25, 0.3) is 0 Å². The van der Waals surface area contributed by atoms with Gasteiger partial charge in [-0.05, 0) is 43.1 Å². The summed E-state index contributed by atoms with van der Waals surface area (Å²) in [5.74, 6) is 1.03. The molecule has 1 heterocycles. The smallest absolute Gasteiger partial charge is 0.303 e. The second-order valence-electron chi connectivity index (χ2n) is 6.97. The Kier molecular flexibility index (Phi) is 9.83. The number of aliphatic carboxylic acids is 1. The molecule has 0 aliphatic carbocycles. The van der Waals surface area contributed by atoms with Gasteiger partial charge in [-0.3, -0.25) is 14.4 Å². The van der Waals surface area contributed by atoms with Gasteiger partial charge >= 0.3 is 5.97 Å². The lowest BCUT2D eigenvalue weighted by Crippen LogP contribution is -2.43. The van der Waals surface area contributed by atoms with E-state index in [2.05, 4.69) is 0 Å². The molecule has 0 aromatic heterocycles. The summed E-state index contributed by atoms with van der Waals surface area (Å²) in [6, 6.07) is 9.94. The summed E-state index contributed by atoms with van der Waals surface area (Å²) in [6.07, 6.45) is 7.87. The molecule has 0 unspecified atom stereocenters. The minimum atomic E-state index is -0.769. The molecule has 1 aliphatic heterocycles. The summed E-state index contributed by atoms with van der Waals surface area (Å²) in [7, 11) is 0. The number of hydrogen-bond acceptors (Lipinski definition) is 4. The Morgan fingerprint density at radius 3 is 2.71 bits per heavy atom.